The predicted octanol–water partition coefficient (Wildman–Crippen LogP) is 0.419. The van der Waals surface area contributed by atoms with Gasteiger partial charge in [0.15, 0.2) is 0 Å². The molecule has 104 valence electrons. The van der Waals surface area contributed by atoms with Gasteiger partial charge in [-0.1, -0.05) is 0 Å². The van der Waals surface area contributed by atoms with Crippen LogP contribution in [0.15, 0.2) is 16.9 Å². The molecule has 6 heteroatoms. The summed E-state index contributed by atoms with van der Waals surface area (Å²) >= 11 is 0. The van der Waals surface area contributed by atoms with E-state index in [2.05, 4.69) is 14.8 Å². The number of nitrogens with zero attached hydrogens (tertiary/aromatic N) is 4. The minimum absolute atomic E-state index is 0.280. The highest BCUT2D eigenvalue weighted by Gasteiger charge is 2.24. The molecule has 0 saturated carbocycles. The number of piperazine rings is 1. The number of anilines is 1. The van der Waals surface area contributed by atoms with Crippen LogP contribution in [0.3, 0.4) is 0 Å². The molecule has 3 heterocycles. The van der Waals surface area contributed by atoms with Crippen LogP contribution in [0.4, 0.5) is 6.01 Å². The van der Waals surface area contributed by atoms with E-state index < -0.39 is 0 Å². The zero-order valence-electron chi connectivity index (χ0n) is 11.1. The Morgan fingerprint density at radius 3 is 2.53 bits per heavy atom. The first-order chi connectivity index (χ1) is 9.33. The summed E-state index contributed by atoms with van der Waals surface area (Å²) < 4.78 is 5.29. The van der Waals surface area contributed by atoms with Crippen LogP contribution in [0.5, 0.6) is 0 Å². The molecular formula is C13H20N4O2. The van der Waals surface area contributed by atoms with Crippen LogP contribution in [0, 0.1) is 0 Å². The monoisotopic (exact) mass is 264 g/mol. The number of carbonyl (C=O) groups is 1. The van der Waals surface area contributed by atoms with Gasteiger partial charge in [-0.25, -0.2) is 4.98 Å². The van der Waals surface area contributed by atoms with Crippen molar-refractivity contribution in [2.24, 2.45) is 0 Å². The Morgan fingerprint density at radius 2 is 1.89 bits per heavy atom. The van der Waals surface area contributed by atoms with Crippen molar-refractivity contribution in [1.29, 1.82) is 0 Å². The molecule has 0 radical (unpaired) electrons. The average molecular weight is 264 g/mol. The zero-order valence-corrected chi connectivity index (χ0v) is 11.1. The van der Waals surface area contributed by atoms with Gasteiger partial charge in [0.1, 0.15) is 6.26 Å². The van der Waals surface area contributed by atoms with Gasteiger partial charge in [0, 0.05) is 39.3 Å². The van der Waals surface area contributed by atoms with Crippen molar-refractivity contribution in [2.75, 3.05) is 50.7 Å². The quantitative estimate of drug-likeness (QED) is 0.792. The largest absolute Gasteiger partial charge is 0.432 e. The van der Waals surface area contributed by atoms with E-state index in [-0.39, 0.29) is 5.91 Å². The normalized spacial score (nSPS) is 21.1. The van der Waals surface area contributed by atoms with Gasteiger partial charge >= 0.3 is 0 Å². The van der Waals surface area contributed by atoms with E-state index in [0.29, 0.717) is 12.6 Å². The van der Waals surface area contributed by atoms with Crippen molar-refractivity contribution >= 4 is 11.9 Å². The molecule has 0 atom stereocenters. The Kier molecular flexibility index (Phi) is 3.68. The molecule has 3 rings (SSSR count). The first-order valence-corrected chi connectivity index (χ1v) is 6.97. The summed E-state index contributed by atoms with van der Waals surface area (Å²) in [5.41, 5.74) is 0. The molecule has 2 fully saturated rings. The van der Waals surface area contributed by atoms with E-state index in [9.17, 15) is 4.79 Å². The Morgan fingerprint density at radius 1 is 1.16 bits per heavy atom. The number of hydrogen-bond acceptors (Lipinski definition) is 5. The highest BCUT2D eigenvalue weighted by Crippen LogP contribution is 2.14. The molecule has 19 heavy (non-hydrogen) atoms. The molecule has 6 nitrogen and oxygen atoms in total. The highest BCUT2D eigenvalue weighted by atomic mass is 16.4. The molecule has 1 aromatic rings. The Balaban J connectivity index is 1.46. The summed E-state index contributed by atoms with van der Waals surface area (Å²) in [5, 5.41) is 0. The van der Waals surface area contributed by atoms with E-state index in [0.717, 1.165) is 52.1 Å². The maximum Gasteiger partial charge on any atom is 0.297 e. The van der Waals surface area contributed by atoms with Crippen LogP contribution in [0.1, 0.15) is 12.8 Å². The second-order valence-electron chi connectivity index (χ2n) is 5.17. The molecule has 0 N–H and O–H groups in total. The van der Waals surface area contributed by atoms with Gasteiger partial charge in [-0.05, 0) is 12.8 Å². The molecule has 0 unspecified atom stereocenters. The van der Waals surface area contributed by atoms with E-state index in [1.165, 1.54) is 0 Å². The number of amides is 1. The van der Waals surface area contributed by atoms with Crippen molar-refractivity contribution in [3.05, 3.63) is 12.5 Å². The Bertz CT molecular complexity index is 406. The van der Waals surface area contributed by atoms with Crippen LogP contribution >= 0.6 is 0 Å². The molecule has 0 bridgehead atoms. The summed E-state index contributed by atoms with van der Waals surface area (Å²) in [6, 6.07) is 0.686. The van der Waals surface area contributed by atoms with Crippen LogP contribution in [-0.4, -0.2) is 66.5 Å². The minimum Gasteiger partial charge on any atom is -0.432 e. The van der Waals surface area contributed by atoms with Crippen molar-refractivity contribution in [3.63, 3.8) is 0 Å². The molecule has 2 saturated heterocycles. The van der Waals surface area contributed by atoms with Gasteiger partial charge in [0.25, 0.3) is 6.01 Å². The van der Waals surface area contributed by atoms with Crippen molar-refractivity contribution < 1.29 is 9.21 Å². The standard InChI is InChI=1S/C13H20N4O2/c18-12(16-4-1-2-5-16)11-15-6-8-17(9-7-15)13-14-3-10-19-13/h3,10H,1-2,4-9,11H2. The topological polar surface area (TPSA) is 52.8 Å². The molecule has 1 aromatic heterocycles. The lowest BCUT2D eigenvalue weighted by atomic mass is 10.3. The van der Waals surface area contributed by atoms with Gasteiger partial charge < -0.3 is 14.2 Å². The average Bonchev–Trinajstić information content (AvgIpc) is 3.13. The summed E-state index contributed by atoms with van der Waals surface area (Å²) in [4.78, 5) is 22.5. The van der Waals surface area contributed by atoms with Gasteiger partial charge in [-0.2, -0.15) is 0 Å². The van der Waals surface area contributed by atoms with Gasteiger partial charge in [-0.3, -0.25) is 9.69 Å². The fourth-order valence-electron chi connectivity index (χ4n) is 2.73. The molecular weight excluding hydrogens is 244 g/mol. The van der Waals surface area contributed by atoms with E-state index in [4.69, 9.17) is 4.42 Å². The number of carbonyl (C=O) groups excluding carboxylic acids is 1. The van der Waals surface area contributed by atoms with Gasteiger partial charge in [0.05, 0.1) is 12.7 Å². The number of likely N-dealkylation sites (tertiary alicyclic amines) is 1. The zero-order chi connectivity index (χ0) is 13.1. The van der Waals surface area contributed by atoms with E-state index in [1.54, 1.807) is 12.5 Å². The maximum absolute atomic E-state index is 12.1. The number of rotatable bonds is 3. The molecule has 0 aliphatic carbocycles. The van der Waals surface area contributed by atoms with E-state index in [1.807, 2.05) is 4.90 Å². The fraction of sp³-hybridized carbons (Fsp3) is 0.692. The minimum atomic E-state index is 0.280. The molecule has 2 aliphatic rings. The predicted molar refractivity (Wildman–Crippen MR) is 71.0 cm³/mol. The SMILES string of the molecule is O=C(CN1CCN(c2ncco2)CC1)N1CCCC1. The second-order valence-corrected chi connectivity index (χ2v) is 5.17. The third kappa shape index (κ3) is 2.89. The lowest BCUT2D eigenvalue weighted by Crippen LogP contribution is -2.50. The van der Waals surface area contributed by atoms with Crippen molar-refractivity contribution in [1.82, 2.24) is 14.8 Å². The molecule has 2 aliphatic heterocycles. The van der Waals surface area contributed by atoms with Crippen molar-refractivity contribution in [3.8, 4) is 0 Å². The Hall–Kier alpha value is -1.56. The van der Waals surface area contributed by atoms with Crippen molar-refractivity contribution in [2.45, 2.75) is 12.8 Å². The summed E-state index contributed by atoms with van der Waals surface area (Å²) in [5.74, 6) is 0.280. The Labute approximate surface area is 113 Å². The lowest BCUT2D eigenvalue weighted by molar-refractivity contribution is -0.131. The smallest absolute Gasteiger partial charge is 0.297 e. The highest BCUT2D eigenvalue weighted by molar-refractivity contribution is 5.78. The summed E-state index contributed by atoms with van der Waals surface area (Å²) in [7, 11) is 0. The lowest BCUT2D eigenvalue weighted by Gasteiger charge is -2.34. The maximum atomic E-state index is 12.1. The fourth-order valence-corrected chi connectivity index (χ4v) is 2.73. The van der Waals surface area contributed by atoms with Crippen LogP contribution in [0.25, 0.3) is 0 Å². The molecule has 0 aromatic carbocycles. The van der Waals surface area contributed by atoms with E-state index >= 15 is 0 Å². The van der Waals surface area contributed by atoms with Crippen LogP contribution < -0.4 is 4.90 Å². The number of aromatic nitrogens is 1. The number of hydrogen-bond donors (Lipinski definition) is 0. The third-order valence-corrected chi connectivity index (χ3v) is 3.88. The van der Waals surface area contributed by atoms with Crippen LogP contribution in [0.2, 0.25) is 0 Å². The summed E-state index contributed by atoms with van der Waals surface area (Å²) in [6.07, 6.45) is 5.57. The van der Waals surface area contributed by atoms with Gasteiger partial charge in [0.2, 0.25) is 5.91 Å². The first-order valence-electron chi connectivity index (χ1n) is 6.97. The van der Waals surface area contributed by atoms with Gasteiger partial charge in [-0.15, -0.1) is 0 Å². The third-order valence-electron chi connectivity index (χ3n) is 3.88. The molecule has 1 amide bonds. The van der Waals surface area contributed by atoms with Crippen LogP contribution in [-0.2, 0) is 4.79 Å². The number of oxazole rings is 1. The second kappa shape index (κ2) is 5.61. The first kappa shape index (κ1) is 12.5. The molecule has 0 spiro atoms. The summed E-state index contributed by atoms with van der Waals surface area (Å²) in [6.45, 7) is 5.95.